The Morgan fingerprint density at radius 1 is 0.852 bits per heavy atom. The molecule has 0 radical (unpaired) electrons. The first-order valence-electron chi connectivity index (χ1n) is 8.70. The van der Waals surface area contributed by atoms with Crippen molar-refractivity contribution in [2.24, 2.45) is 0 Å². The highest BCUT2D eigenvalue weighted by Crippen LogP contribution is 2.18. The topological polar surface area (TPSA) is 49.9 Å². The Hall–Kier alpha value is -2.24. The summed E-state index contributed by atoms with van der Waals surface area (Å²) in [6.45, 7) is 3.66. The van der Waals surface area contributed by atoms with Crippen LogP contribution in [0.4, 0.5) is 0 Å². The van der Waals surface area contributed by atoms with Crippen LogP contribution in [0.3, 0.4) is 0 Å². The van der Waals surface area contributed by atoms with Gasteiger partial charge in [0.05, 0.1) is 0 Å². The number of rotatable bonds is 4. The second-order valence-electron chi connectivity index (χ2n) is 6.34. The van der Waals surface area contributed by atoms with E-state index in [1.165, 1.54) is 0 Å². The number of carbonyl (C=O) groups excluding carboxylic acids is 2. The van der Waals surface area contributed by atoms with Crippen LogP contribution in [0.2, 0.25) is 10.0 Å². The monoisotopic (exact) mass is 406 g/mol. The summed E-state index contributed by atoms with van der Waals surface area (Å²) in [5.74, 6) is 0.449. The van der Waals surface area contributed by atoms with Crippen LogP contribution in [0.25, 0.3) is 0 Å². The molecule has 1 aliphatic heterocycles. The summed E-state index contributed by atoms with van der Waals surface area (Å²) in [4.78, 5) is 28.6. The fourth-order valence-electron chi connectivity index (χ4n) is 2.93. The van der Waals surface area contributed by atoms with E-state index in [2.05, 4.69) is 0 Å². The first-order valence-corrected chi connectivity index (χ1v) is 9.45. The number of carbonyl (C=O) groups is 2. The second kappa shape index (κ2) is 8.63. The van der Waals surface area contributed by atoms with E-state index >= 15 is 0 Å². The Balaban J connectivity index is 1.53. The molecule has 3 rings (SSSR count). The van der Waals surface area contributed by atoms with Gasteiger partial charge in [0, 0.05) is 41.8 Å². The van der Waals surface area contributed by atoms with Crippen LogP contribution in [0, 0.1) is 0 Å². The number of halogens is 2. The van der Waals surface area contributed by atoms with Crippen LogP contribution in [-0.2, 0) is 4.79 Å². The second-order valence-corrected chi connectivity index (χ2v) is 7.21. The van der Waals surface area contributed by atoms with E-state index in [1.807, 2.05) is 0 Å². The van der Waals surface area contributed by atoms with Crippen molar-refractivity contribution in [1.82, 2.24) is 9.80 Å². The smallest absolute Gasteiger partial charge is 0.263 e. The van der Waals surface area contributed by atoms with Gasteiger partial charge in [0.15, 0.2) is 6.10 Å². The Kier molecular flexibility index (Phi) is 6.24. The van der Waals surface area contributed by atoms with Gasteiger partial charge in [-0.2, -0.15) is 0 Å². The van der Waals surface area contributed by atoms with E-state index in [0.29, 0.717) is 47.5 Å². The summed E-state index contributed by atoms with van der Waals surface area (Å²) in [6.07, 6.45) is -0.607. The largest absolute Gasteiger partial charge is 0.481 e. The molecule has 1 atom stereocenters. The molecule has 2 aromatic carbocycles. The lowest BCUT2D eigenvalue weighted by molar-refractivity contribution is -0.139. The van der Waals surface area contributed by atoms with Gasteiger partial charge in [-0.3, -0.25) is 9.59 Å². The molecule has 0 N–H and O–H groups in total. The van der Waals surface area contributed by atoms with Gasteiger partial charge in [0.1, 0.15) is 5.75 Å². The molecule has 7 heteroatoms. The molecule has 5 nitrogen and oxygen atoms in total. The number of ether oxygens (including phenoxy) is 1. The first kappa shape index (κ1) is 19.5. The van der Waals surface area contributed by atoms with Crippen LogP contribution in [0.5, 0.6) is 5.75 Å². The fourth-order valence-corrected chi connectivity index (χ4v) is 3.18. The van der Waals surface area contributed by atoms with Crippen LogP contribution < -0.4 is 4.74 Å². The maximum atomic E-state index is 12.6. The van der Waals surface area contributed by atoms with Crippen molar-refractivity contribution in [2.75, 3.05) is 26.2 Å². The van der Waals surface area contributed by atoms with Gasteiger partial charge in [0.25, 0.3) is 11.8 Å². The third-order valence-electron chi connectivity index (χ3n) is 4.44. The summed E-state index contributed by atoms with van der Waals surface area (Å²) in [5.41, 5.74) is 0.596. The van der Waals surface area contributed by atoms with Crippen molar-refractivity contribution >= 4 is 35.0 Å². The molecule has 0 saturated carbocycles. The molecule has 142 valence electrons. The van der Waals surface area contributed by atoms with E-state index < -0.39 is 6.10 Å². The minimum atomic E-state index is -0.607. The summed E-state index contributed by atoms with van der Waals surface area (Å²) in [6, 6.07) is 13.7. The lowest BCUT2D eigenvalue weighted by atomic mass is 10.1. The van der Waals surface area contributed by atoms with Gasteiger partial charge < -0.3 is 14.5 Å². The Labute approximate surface area is 168 Å². The van der Waals surface area contributed by atoms with E-state index in [9.17, 15) is 9.59 Å². The predicted molar refractivity (Wildman–Crippen MR) is 105 cm³/mol. The highest BCUT2D eigenvalue weighted by molar-refractivity contribution is 6.30. The number of benzene rings is 2. The quantitative estimate of drug-likeness (QED) is 0.776. The highest BCUT2D eigenvalue weighted by atomic mass is 35.5. The average Bonchev–Trinajstić information content (AvgIpc) is 2.69. The van der Waals surface area contributed by atoms with Gasteiger partial charge in [0.2, 0.25) is 0 Å². The van der Waals surface area contributed by atoms with Crippen molar-refractivity contribution in [1.29, 1.82) is 0 Å². The molecule has 2 amide bonds. The summed E-state index contributed by atoms with van der Waals surface area (Å²) in [5, 5.41) is 1.21. The predicted octanol–water partition coefficient (Wildman–Crippen LogP) is 3.75. The van der Waals surface area contributed by atoms with Gasteiger partial charge >= 0.3 is 0 Å². The van der Waals surface area contributed by atoms with Crippen molar-refractivity contribution in [3.8, 4) is 5.75 Å². The lowest BCUT2D eigenvalue weighted by Gasteiger charge is -2.36. The molecule has 1 fully saturated rings. The molecule has 1 heterocycles. The van der Waals surface area contributed by atoms with Gasteiger partial charge in [-0.25, -0.2) is 0 Å². The molecule has 1 saturated heterocycles. The number of piperazine rings is 1. The number of amides is 2. The van der Waals surface area contributed by atoms with E-state index in [1.54, 1.807) is 65.3 Å². The summed E-state index contributed by atoms with van der Waals surface area (Å²) < 4.78 is 5.70. The third kappa shape index (κ3) is 4.93. The number of hydrogen-bond acceptors (Lipinski definition) is 3. The molecule has 1 aliphatic rings. The lowest BCUT2D eigenvalue weighted by Crippen LogP contribution is -2.53. The Morgan fingerprint density at radius 3 is 1.89 bits per heavy atom. The molecule has 27 heavy (non-hydrogen) atoms. The Morgan fingerprint density at radius 2 is 1.33 bits per heavy atom. The normalized spacial score (nSPS) is 15.4. The fraction of sp³-hybridized carbons (Fsp3) is 0.300. The molecule has 1 unspecified atom stereocenters. The highest BCUT2D eigenvalue weighted by Gasteiger charge is 2.28. The Bertz CT molecular complexity index is 801. The minimum absolute atomic E-state index is 0.0516. The SMILES string of the molecule is CC(Oc1ccc(Cl)cc1)C(=O)N1CCN(C(=O)c2ccc(Cl)cc2)CC1. The van der Waals surface area contributed by atoms with Crippen LogP contribution in [0.15, 0.2) is 48.5 Å². The minimum Gasteiger partial charge on any atom is -0.481 e. The summed E-state index contributed by atoms with van der Waals surface area (Å²) in [7, 11) is 0. The molecule has 0 aromatic heterocycles. The molecular formula is C20H20Cl2N2O3. The molecule has 0 spiro atoms. The van der Waals surface area contributed by atoms with Gasteiger partial charge in [-0.15, -0.1) is 0 Å². The zero-order chi connectivity index (χ0) is 19.4. The van der Waals surface area contributed by atoms with Crippen molar-refractivity contribution in [3.05, 3.63) is 64.1 Å². The molecule has 0 bridgehead atoms. The van der Waals surface area contributed by atoms with Crippen molar-refractivity contribution in [2.45, 2.75) is 13.0 Å². The maximum Gasteiger partial charge on any atom is 0.263 e. The first-order chi connectivity index (χ1) is 12.9. The zero-order valence-corrected chi connectivity index (χ0v) is 16.4. The number of nitrogens with zero attached hydrogens (tertiary/aromatic N) is 2. The van der Waals surface area contributed by atoms with E-state index in [0.717, 1.165) is 0 Å². The molecule has 0 aliphatic carbocycles. The molecular weight excluding hydrogens is 387 g/mol. The number of hydrogen-bond donors (Lipinski definition) is 0. The van der Waals surface area contributed by atoms with Crippen molar-refractivity contribution < 1.29 is 14.3 Å². The van der Waals surface area contributed by atoms with Crippen LogP contribution >= 0.6 is 23.2 Å². The van der Waals surface area contributed by atoms with Crippen LogP contribution in [-0.4, -0.2) is 53.9 Å². The van der Waals surface area contributed by atoms with Crippen LogP contribution in [0.1, 0.15) is 17.3 Å². The van der Waals surface area contributed by atoms with E-state index in [-0.39, 0.29) is 11.8 Å². The average molecular weight is 407 g/mol. The zero-order valence-electron chi connectivity index (χ0n) is 14.9. The van der Waals surface area contributed by atoms with Gasteiger partial charge in [-0.05, 0) is 55.5 Å². The third-order valence-corrected chi connectivity index (χ3v) is 4.95. The molecule has 2 aromatic rings. The van der Waals surface area contributed by atoms with Gasteiger partial charge in [-0.1, -0.05) is 23.2 Å². The summed E-state index contributed by atoms with van der Waals surface area (Å²) >= 11 is 11.7. The standard InChI is InChI=1S/C20H20Cl2N2O3/c1-14(27-18-8-6-17(22)7-9-18)19(25)23-10-12-24(13-11-23)20(26)15-2-4-16(21)5-3-15/h2-9,14H,10-13H2,1H3. The van der Waals surface area contributed by atoms with E-state index in [4.69, 9.17) is 27.9 Å². The van der Waals surface area contributed by atoms with Crippen molar-refractivity contribution in [3.63, 3.8) is 0 Å². The maximum absolute atomic E-state index is 12.6.